The Morgan fingerprint density at radius 1 is 1.45 bits per heavy atom. The van der Waals surface area contributed by atoms with E-state index in [1.165, 1.54) is 0 Å². The first kappa shape index (κ1) is 15.0. The highest BCUT2D eigenvalue weighted by Crippen LogP contribution is 2.14. The highest BCUT2D eigenvalue weighted by atomic mass is 16.5. The van der Waals surface area contributed by atoms with Crippen molar-refractivity contribution in [2.45, 2.75) is 25.5 Å². The fourth-order valence-electron chi connectivity index (χ4n) is 2.21. The molecule has 2 rings (SSSR count). The van der Waals surface area contributed by atoms with E-state index in [1.807, 2.05) is 24.3 Å². The van der Waals surface area contributed by atoms with Crippen molar-refractivity contribution in [3.8, 4) is 0 Å². The monoisotopic (exact) mass is 278 g/mol. The molecule has 0 aromatic heterocycles. The van der Waals surface area contributed by atoms with Crippen LogP contribution in [0.15, 0.2) is 24.3 Å². The summed E-state index contributed by atoms with van der Waals surface area (Å²) in [7, 11) is 1.65. The van der Waals surface area contributed by atoms with Gasteiger partial charge in [-0.05, 0) is 37.1 Å². The topological polar surface area (TPSA) is 59.6 Å². The Morgan fingerprint density at radius 3 is 3.10 bits per heavy atom. The average molecular weight is 278 g/mol. The van der Waals surface area contributed by atoms with Gasteiger partial charge in [0.1, 0.15) is 0 Å². The average Bonchev–Trinajstić information content (AvgIpc) is 2.98. The lowest BCUT2D eigenvalue weighted by Gasteiger charge is -2.12. The van der Waals surface area contributed by atoms with Crippen LogP contribution in [0.5, 0.6) is 0 Å². The summed E-state index contributed by atoms with van der Waals surface area (Å²) >= 11 is 0. The number of carbonyl (C=O) groups excluding carboxylic acids is 1. The minimum absolute atomic E-state index is 0.0416. The van der Waals surface area contributed by atoms with Crippen molar-refractivity contribution in [2.75, 3.05) is 32.2 Å². The molecular formula is C15H22N2O3. The molecule has 0 spiro atoms. The van der Waals surface area contributed by atoms with E-state index in [0.29, 0.717) is 19.8 Å². The predicted octanol–water partition coefficient (Wildman–Crippen LogP) is 1.54. The minimum atomic E-state index is -0.0587. The van der Waals surface area contributed by atoms with Gasteiger partial charge >= 0.3 is 0 Å². The molecule has 1 heterocycles. The van der Waals surface area contributed by atoms with Crippen LogP contribution >= 0.6 is 0 Å². The first-order chi connectivity index (χ1) is 9.79. The van der Waals surface area contributed by atoms with Gasteiger partial charge in [-0.15, -0.1) is 0 Å². The maximum Gasteiger partial charge on any atom is 0.241 e. The molecule has 1 fully saturated rings. The molecule has 0 saturated carbocycles. The van der Waals surface area contributed by atoms with Crippen molar-refractivity contribution in [3.05, 3.63) is 29.8 Å². The van der Waals surface area contributed by atoms with Gasteiger partial charge in [-0.3, -0.25) is 4.79 Å². The van der Waals surface area contributed by atoms with Gasteiger partial charge in [-0.1, -0.05) is 12.1 Å². The number of carbonyl (C=O) groups is 1. The highest BCUT2D eigenvalue weighted by molar-refractivity contribution is 5.95. The van der Waals surface area contributed by atoms with Crippen LogP contribution in [-0.2, 0) is 20.9 Å². The van der Waals surface area contributed by atoms with E-state index in [1.54, 1.807) is 7.11 Å². The molecule has 1 aliphatic rings. The number of methoxy groups -OCH3 is 1. The molecule has 0 aliphatic carbocycles. The molecule has 1 aromatic carbocycles. The SMILES string of the molecule is COCCOCc1cccc(NC(=O)C2CCCN2)c1. The van der Waals surface area contributed by atoms with Gasteiger partial charge in [0.25, 0.3) is 0 Å². The number of hydrogen-bond donors (Lipinski definition) is 2. The van der Waals surface area contributed by atoms with Crippen LogP contribution in [0.4, 0.5) is 5.69 Å². The van der Waals surface area contributed by atoms with Gasteiger partial charge in [0.2, 0.25) is 5.91 Å². The van der Waals surface area contributed by atoms with Crippen LogP contribution < -0.4 is 10.6 Å². The van der Waals surface area contributed by atoms with E-state index in [0.717, 1.165) is 30.6 Å². The molecule has 0 bridgehead atoms. The number of rotatable bonds is 7. The van der Waals surface area contributed by atoms with Gasteiger partial charge in [0, 0.05) is 12.8 Å². The molecule has 1 atom stereocenters. The summed E-state index contributed by atoms with van der Waals surface area (Å²) in [6, 6.07) is 7.69. The quantitative estimate of drug-likeness (QED) is 0.743. The van der Waals surface area contributed by atoms with Gasteiger partial charge < -0.3 is 20.1 Å². The number of nitrogens with one attached hydrogen (secondary N) is 2. The van der Waals surface area contributed by atoms with Crippen molar-refractivity contribution in [1.82, 2.24) is 5.32 Å². The summed E-state index contributed by atoms with van der Waals surface area (Å²) in [5.74, 6) is 0.0416. The van der Waals surface area contributed by atoms with Gasteiger partial charge in [0.05, 0.1) is 25.9 Å². The third kappa shape index (κ3) is 4.59. The second-order valence-corrected chi connectivity index (χ2v) is 4.88. The summed E-state index contributed by atoms with van der Waals surface area (Å²) in [5.41, 5.74) is 1.86. The minimum Gasteiger partial charge on any atom is -0.382 e. The predicted molar refractivity (Wildman–Crippen MR) is 77.6 cm³/mol. The zero-order valence-corrected chi connectivity index (χ0v) is 11.9. The summed E-state index contributed by atoms with van der Waals surface area (Å²) in [6.07, 6.45) is 1.97. The second kappa shape index (κ2) is 7.99. The first-order valence-electron chi connectivity index (χ1n) is 6.99. The van der Waals surface area contributed by atoms with E-state index in [4.69, 9.17) is 9.47 Å². The Labute approximate surface area is 119 Å². The summed E-state index contributed by atoms with van der Waals surface area (Å²) in [6.45, 7) is 2.60. The van der Waals surface area contributed by atoms with E-state index >= 15 is 0 Å². The lowest BCUT2D eigenvalue weighted by atomic mass is 10.2. The van der Waals surface area contributed by atoms with Crippen LogP contribution in [0.3, 0.4) is 0 Å². The van der Waals surface area contributed by atoms with E-state index in [2.05, 4.69) is 10.6 Å². The third-order valence-electron chi connectivity index (χ3n) is 3.27. The molecule has 110 valence electrons. The fraction of sp³-hybridized carbons (Fsp3) is 0.533. The van der Waals surface area contributed by atoms with Crippen molar-refractivity contribution in [3.63, 3.8) is 0 Å². The number of hydrogen-bond acceptors (Lipinski definition) is 4. The van der Waals surface area contributed by atoms with Crippen LogP contribution in [0.1, 0.15) is 18.4 Å². The number of ether oxygens (including phenoxy) is 2. The standard InChI is InChI=1S/C15H22N2O3/c1-19-8-9-20-11-12-4-2-5-13(10-12)17-15(18)14-6-3-7-16-14/h2,4-5,10,14,16H,3,6-9,11H2,1H3,(H,17,18). The summed E-state index contributed by atoms with van der Waals surface area (Å²) < 4.78 is 10.4. The lowest BCUT2D eigenvalue weighted by molar-refractivity contribution is -0.117. The molecular weight excluding hydrogens is 256 g/mol. The maximum absolute atomic E-state index is 12.0. The van der Waals surface area contributed by atoms with Crippen LogP contribution in [0.25, 0.3) is 0 Å². The molecule has 2 N–H and O–H groups in total. The molecule has 5 nitrogen and oxygen atoms in total. The van der Waals surface area contributed by atoms with Crippen LogP contribution in [0, 0.1) is 0 Å². The zero-order valence-electron chi connectivity index (χ0n) is 11.9. The highest BCUT2D eigenvalue weighted by Gasteiger charge is 2.21. The summed E-state index contributed by atoms with van der Waals surface area (Å²) in [4.78, 5) is 12.0. The zero-order chi connectivity index (χ0) is 14.2. The fourth-order valence-corrected chi connectivity index (χ4v) is 2.21. The Morgan fingerprint density at radius 2 is 2.35 bits per heavy atom. The van der Waals surface area contributed by atoms with Crippen molar-refractivity contribution in [2.24, 2.45) is 0 Å². The van der Waals surface area contributed by atoms with Crippen LogP contribution in [-0.4, -0.2) is 38.8 Å². The Kier molecular flexibility index (Phi) is 5.98. The molecule has 1 unspecified atom stereocenters. The lowest BCUT2D eigenvalue weighted by Crippen LogP contribution is -2.35. The molecule has 1 amide bonds. The Bertz CT molecular complexity index is 431. The molecule has 20 heavy (non-hydrogen) atoms. The van der Waals surface area contributed by atoms with Gasteiger partial charge in [-0.2, -0.15) is 0 Å². The number of amides is 1. The van der Waals surface area contributed by atoms with Crippen molar-refractivity contribution >= 4 is 11.6 Å². The van der Waals surface area contributed by atoms with Crippen LogP contribution in [0.2, 0.25) is 0 Å². The first-order valence-corrected chi connectivity index (χ1v) is 6.99. The van der Waals surface area contributed by atoms with Gasteiger partial charge in [0.15, 0.2) is 0 Å². The molecule has 0 radical (unpaired) electrons. The number of anilines is 1. The molecule has 1 aliphatic heterocycles. The van der Waals surface area contributed by atoms with E-state index in [-0.39, 0.29) is 11.9 Å². The number of benzene rings is 1. The second-order valence-electron chi connectivity index (χ2n) is 4.88. The Hall–Kier alpha value is -1.43. The van der Waals surface area contributed by atoms with E-state index < -0.39 is 0 Å². The van der Waals surface area contributed by atoms with E-state index in [9.17, 15) is 4.79 Å². The summed E-state index contributed by atoms with van der Waals surface area (Å²) in [5, 5.41) is 6.13. The molecule has 5 heteroatoms. The molecule has 1 aromatic rings. The Balaban J connectivity index is 1.83. The maximum atomic E-state index is 12.0. The third-order valence-corrected chi connectivity index (χ3v) is 3.27. The smallest absolute Gasteiger partial charge is 0.241 e. The normalized spacial score (nSPS) is 18.1. The molecule has 1 saturated heterocycles. The van der Waals surface area contributed by atoms with Crippen molar-refractivity contribution < 1.29 is 14.3 Å². The van der Waals surface area contributed by atoms with Crippen molar-refractivity contribution in [1.29, 1.82) is 0 Å². The van der Waals surface area contributed by atoms with Gasteiger partial charge in [-0.25, -0.2) is 0 Å². The largest absolute Gasteiger partial charge is 0.382 e.